The summed E-state index contributed by atoms with van der Waals surface area (Å²) in [6.45, 7) is 9.67. The monoisotopic (exact) mass is 486 g/mol. The third-order valence-electron chi connectivity index (χ3n) is 11.0. The molecule has 9 atom stereocenters. The lowest BCUT2D eigenvalue weighted by Gasteiger charge is -2.59. The SMILES string of the molecule is CC(=O)OC[C@@](C)(O)CCC1=C(C)[C@H]2[C@H](C[C@H]3[C@@H]4CC[C@H]5CC(=O)CC[C@]5(C)[C@H]4CC(=O)[C@@]32C)O1. The van der Waals surface area contributed by atoms with Crippen LogP contribution in [0.4, 0.5) is 0 Å². The highest BCUT2D eigenvalue weighted by atomic mass is 16.5. The summed E-state index contributed by atoms with van der Waals surface area (Å²) < 4.78 is 11.5. The number of esters is 1. The third kappa shape index (κ3) is 3.89. The van der Waals surface area contributed by atoms with Crippen molar-refractivity contribution in [1.82, 2.24) is 0 Å². The normalized spacial score (nSPS) is 44.1. The van der Waals surface area contributed by atoms with Crippen LogP contribution in [0.2, 0.25) is 0 Å². The van der Waals surface area contributed by atoms with E-state index in [4.69, 9.17) is 9.47 Å². The largest absolute Gasteiger partial charge is 0.494 e. The molecule has 0 aromatic rings. The molecule has 0 aromatic heterocycles. The Morgan fingerprint density at radius 2 is 1.94 bits per heavy atom. The maximum Gasteiger partial charge on any atom is 0.302 e. The average molecular weight is 487 g/mol. The van der Waals surface area contributed by atoms with Gasteiger partial charge in [0, 0.05) is 43.9 Å². The first kappa shape index (κ1) is 25.0. The molecular weight excluding hydrogens is 444 g/mol. The van der Waals surface area contributed by atoms with Crippen molar-refractivity contribution in [3.8, 4) is 0 Å². The van der Waals surface area contributed by atoms with Gasteiger partial charge in [-0.15, -0.1) is 0 Å². The topological polar surface area (TPSA) is 89.9 Å². The fourth-order valence-corrected chi connectivity index (χ4v) is 9.02. The van der Waals surface area contributed by atoms with Crippen LogP contribution in [0.5, 0.6) is 0 Å². The van der Waals surface area contributed by atoms with Crippen LogP contribution >= 0.6 is 0 Å². The lowest BCUT2D eigenvalue weighted by Crippen LogP contribution is -2.56. The Hall–Kier alpha value is -1.69. The molecule has 0 spiro atoms. The predicted octanol–water partition coefficient (Wildman–Crippen LogP) is 4.77. The molecule has 4 saturated carbocycles. The molecule has 0 bridgehead atoms. The van der Waals surface area contributed by atoms with E-state index in [2.05, 4.69) is 20.8 Å². The summed E-state index contributed by atoms with van der Waals surface area (Å²) in [7, 11) is 0. The number of ketones is 2. The lowest BCUT2D eigenvalue weighted by molar-refractivity contribution is -0.156. The number of carbonyl (C=O) groups excluding carboxylic acids is 3. The molecule has 0 amide bonds. The third-order valence-corrected chi connectivity index (χ3v) is 11.0. The summed E-state index contributed by atoms with van der Waals surface area (Å²) in [6.07, 6.45) is 7.14. The van der Waals surface area contributed by atoms with Gasteiger partial charge in [0.1, 0.15) is 24.3 Å². The first-order valence-electron chi connectivity index (χ1n) is 13.6. The van der Waals surface area contributed by atoms with E-state index in [1.807, 2.05) is 0 Å². The Labute approximate surface area is 209 Å². The van der Waals surface area contributed by atoms with Gasteiger partial charge in [-0.05, 0) is 80.6 Å². The second-order valence-corrected chi connectivity index (χ2v) is 13.1. The van der Waals surface area contributed by atoms with Crippen LogP contribution in [-0.4, -0.2) is 41.0 Å². The highest BCUT2D eigenvalue weighted by Crippen LogP contribution is 2.68. The number of rotatable bonds is 5. The van der Waals surface area contributed by atoms with Crippen molar-refractivity contribution in [2.45, 2.75) is 104 Å². The smallest absolute Gasteiger partial charge is 0.302 e. The Kier molecular flexibility index (Phi) is 6.01. The van der Waals surface area contributed by atoms with E-state index in [9.17, 15) is 19.5 Å². The minimum absolute atomic E-state index is 0.0274. The summed E-state index contributed by atoms with van der Waals surface area (Å²) >= 11 is 0. The molecule has 1 heterocycles. The fraction of sp³-hybridized carbons (Fsp3) is 0.828. The molecular formula is C29H42O6. The average Bonchev–Trinajstić information content (AvgIpc) is 3.27. The van der Waals surface area contributed by atoms with Gasteiger partial charge in [-0.3, -0.25) is 14.4 Å². The van der Waals surface area contributed by atoms with Crippen LogP contribution in [0.25, 0.3) is 0 Å². The number of allylic oxidation sites excluding steroid dienone is 1. The fourth-order valence-electron chi connectivity index (χ4n) is 9.02. The Morgan fingerprint density at radius 1 is 1.20 bits per heavy atom. The molecule has 4 aliphatic carbocycles. The van der Waals surface area contributed by atoms with Gasteiger partial charge < -0.3 is 14.6 Å². The summed E-state index contributed by atoms with van der Waals surface area (Å²) in [4.78, 5) is 37.3. The van der Waals surface area contributed by atoms with Crippen molar-refractivity contribution in [2.75, 3.05) is 6.61 Å². The van der Waals surface area contributed by atoms with Crippen LogP contribution in [0.3, 0.4) is 0 Å². The molecule has 0 unspecified atom stereocenters. The first-order chi connectivity index (χ1) is 16.4. The molecule has 0 radical (unpaired) electrons. The Balaban J connectivity index is 1.34. The van der Waals surface area contributed by atoms with Crippen LogP contribution in [0.15, 0.2) is 11.3 Å². The van der Waals surface area contributed by atoms with Crippen molar-refractivity contribution in [3.05, 3.63) is 11.3 Å². The standard InChI is InChI=1S/C29H42O6/c1-16-23(9-10-27(3,33)15-34-17(2)30)35-24-13-22-20-7-6-18-12-19(31)8-11-28(18,4)21(20)14-25(32)29(22,5)26(16)24/h18,20-22,24,26,33H,6-15H2,1-5H3/t18-,20+,21-,22-,24-,26-,27-,28-,29+/m0/s1. The highest BCUT2D eigenvalue weighted by Gasteiger charge is 2.67. The van der Waals surface area contributed by atoms with Gasteiger partial charge in [-0.25, -0.2) is 0 Å². The number of ether oxygens (including phenoxy) is 2. The van der Waals surface area contributed by atoms with Crippen molar-refractivity contribution >= 4 is 17.5 Å². The van der Waals surface area contributed by atoms with Gasteiger partial charge in [0.15, 0.2) is 0 Å². The molecule has 1 N–H and O–H groups in total. The first-order valence-corrected chi connectivity index (χ1v) is 13.6. The molecule has 6 nitrogen and oxygen atoms in total. The van der Waals surface area contributed by atoms with Crippen LogP contribution in [-0.2, 0) is 23.9 Å². The van der Waals surface area contributed by atoms with Crippen LogP contribution < -0.4 is 0 Å². The molecule has 5 rings (SSSR count). The van der Waals surface area contributed by atoms with Crippen molar-refractivity contribution in [2.24, 2.45) is 40.4 Å². The number of hydrogen-bond acceptors (Lipinski definition) is 6. The summed E-state index contributed by atoms with van der Waals surface area (Å²) in [5.41, 5.74) is -0.240. The van der Waals surface area contributed by atoms with Gasteiger partial charge in [0.25, 0.3) is 0 Å². The van der Waals surface area contributed by atoms with E-state index in [0.29, 0.717) is 67.3 Å². The molecule has 0 saturated heterocycles. The highest BCUT2D eigenvalue weighted by molar-refractivity contribution is 5.88. The lowest BCUT2D eigenvalue weighted by atomic mass is 9.44. The summed E-state index contributed by atoms with van der Waals surface area (Å²) in [5, 5.41) is 10.6. The maximum atomic E-state index is 14.0. The number of Topliss-reactive ketones (excluding diaryl/α,β-unsaturated/α-hetero) is 2. The van der Waals surface area contributed by atoms with Gasteiger partial charge in [-0.2, -0.15) is 0 Å². The number of hydrogen-bond donors (Lipinski definition) is 1. The van der Waals surface area contributed by atoms with Crippen molar-refractivity contribution in [3.63, 3.8) is 0 Å². The number of fused-ring (bicyclic) bond motifs is 7. The van der Waals surface area contributed by atoms with E-state index >= 15 is 0 Å². The Bertz CT molecular complexity index is 964. The van der Waals surface area contributed by atoms with E-state index in [0.717, 1.165) is 31.4 Å². The second kappa shape index (κ2) is 8.43. The molecule has 5 aliphatic rings. The zero-order valence-electron chi connectivity index (χ0n) is 22.0. The number of aliphatic hydroxyl groups is 1. The summed E-state index contributed by atoms with van der Waals surface area (Å²) in [5.74, 6) is 3.09. The molecule has 1 aliphatic heterocycles. The quantitative estimate of drug-likeness (QED) is 0.563. The minimum atomic E-state index is -1.12. The maximum absolute atomic E-state index is 14.0. The van der Waals surface area contributed by atoms with E-state index in [-0.39, 0.29) is 24.0 Å². The van der Waals surface area contributed by atoms with E-state index in [1.165, 1.54) is 12.5 Å². The minimum Gasteiger partial charge on any atom is -0.494 e. The van der Waals surface area contributed by atoms with Gasteiger partial charge >= 0.3 is 5.97 Å². The van der Waals surface area contributed by atoms with Gasteiger partial charge in [0.2, 0.25) is 0 Å². The van der Waals surface area contributed by atoms with Gasteiger partial charge in [0.05, 0.1) is 11.4 Å². The molecule has 4 fully saturated rings. The number of carbonyl (C=O) groups is 3. The molecule has 0 aromatic carbocycles. The molecule has 6 heteroatoms. The Morgan fingerprint density at radius 3 is 2.66 bits per heavy atom. The zero-order chi connectivity index (χ0) is 25.3. The van der Waals surface area contributed by atoms with Crippen LogP contribution in [0, 0.1) is 40.4 Å². The van der Waals surface area contributed by atoms with Gasteiger partial charge in [-0.1, -0.05) is 13.8 Å². The second-order valence-electron chi connectivity index (χ2n) is 13.1. The molecule has 35 heavy (non-hydrogen) atoms. The zero-order valence-corrected chi connectivity index (χ0v) is 22.0. The van der Waals surface area contributed by atoms with Crippen molar-refractivity contribution in [1.29, 1.82) is 0 Å². The summed E-state index contributed by atoms with van der Waals surface area (Å²) in [6, 6.07) is 0. The van der Waals surface area contributed by atoms with Crippen molar-refractivity contribution < 1.29 is 29.0 Å². The predicted molar refractivity (Wildman–Crippen MR) is 130 cm³/mol. The molecule has 194 valence electrons. The van der Waals surface area contributed by atoms with E-state index < -0.39 is 17.0 Å². The van der Waals surface area contributed by atoms with Crippen LogP contribution in [0.1, 0.15) is 92.4 Å². The van der Waals surface area contributed by atoms with E-state index in [1.54, 1.807) is 6.92 Å².